The Morgan fingerprint density at radius 2 is 1.89 bits per heavy atom. The van der Waals surface area contributed by atoms with Gasteiger partial charge in [-0.1, -0.05) is 18.2 Å². The van der Waals surface area contributed by atoms with Gasteiger partial charge in [-0.2, -0.15) is 5.10 Å². The molecular formula is C19H13BrFN3O3. The van der Waals surface area contributed by atoms with Crippen LogP contribution < -0.4 is 10.7 Å². The van der Waals surface area contributed by atoms with Crippen LogP contribution in [0.15, 0.2) is 74.9 Å². The molecule has 6 nitrogen and oxygen atoms in total. The summed E-state index contributed by atoms with van der Waals surface area (Å²) in [5, 5.41) is 6.48. The van der Waals surface area contributed by atoms with Crippen molar-refractivity contribution < 1.29 is 18.4 Å². The number of anilines is 1. The van der Waals surface area contributed by atoms with Gasteiger partial charge in [-0.25, -0.2) is 9.82 Å². The lowest BCUT2D eigenvalue weighted by Gasteiger charge is -2.08. The molecule has 1 heterocycles. The van der Waals surface area contributed by atoms with E-state index in [-0.39, 0.29) is 11.3 Å². The van der Waals surface area contributed by atoms with E-state index in [9.17, 15) is 14.0 Å². The first-order valence-electron chi connectivity index (χ1n) is 7.77. The van der Waals surface area contributed by atoms with E-state index in [1.54, 1.807) is 30.3 Å². The minimum Gasteiger partial charge on any atom is -0.459 e. The van der Waals surface area contributed by atoms with Gasteiger partial charge in [0.25, 0.3) is 11.8 Å². The quantitative estimate of drug-likeness (QED) is 0.470. The molecule has 0 spiro atoms. The minimum absolute atomic E-state index is 0.130. The molecule has 0 radical (unpaired) electrons. The molecule has 0 fully saturated rings. The SMILES string of the molecule is O=C(Nc1ccccc1C(=O)N/N=C/c1ccc(F)c(Br)c1)c1ccco1. The van der Waals surface area contributed by atoms with Crippen molar-refractivity contribution >= 4 is 39.6 Å². The fraction of sp³-hybridized carbons (Fsp3) is 0. The maximum absolute atomic E-state index is 13.2. The number of furan rings is 1. The van der Waals surface area contributed by atoms with Gasteiger partial charge in [0.15, 0.2) is 5.76 Å². The Morgan fingerprint density at radius 3 is 2.63 bits per heavy atom. The summed E-state index contributed by atoms with van der Waals surface area (Å²) in [6, 6.07) is 13.9. The number of benzene rings is 2. The van der Waals surface area contributed by atoms with Crippen LogP contribution in [0.4, 0.5) is 10.1 Å². The Labute approximate surface area is 162 Å². The molecule has 0 saturated carbocycles. The van der Waals surface area contributed by atoms with E-state index < -0.39 is 17.6 Å². The molecule has 0 aliphatic rings. The van der Waals surface area contributed by atoms with Gasteiger partial charge in [0, 0.05) is 0 Å². The second-order valence-corrected chi connectivity index (χ2v) is 6.20. The van der Waals surface area contributed by atoms with Crippen molar-refractivity contribution in [2.24, 2.45) is 5.10 Å². The van der Waals surface area contributed by atoms with E-state index in [0.29, 0.717) is 15.7 Å². The van der Waals surface area contributed by atoms with Crippen LogP contribution in [-0.4, -0.2) is 18.0 Å². The third-order valence-electron chi connectivity index (χ3n) is 3.49. The molecule has 3 rings (SSSR count). The molecular weight excluding hydrogens is 417 g/mol. The average Bonchev–Trinajstić information content (AvgIpc) is 3.20. The zero-order valence-electron chi connectivity index (χ0n) is 13.8. The molecule has 0 unspecified atom stereocenters. The lowest BCUT2D eigenvalue weighted by Crippen LogP contribution is -2.21. The molecule has 0 saturated heterocycles. The van der Waals surface area contributed by atoms with Crippen molar-refractivity contribution in [3.8, 4) is 0 Å². The summed E-state index contributed by atoms with van der Waals surface area (Å²) in [5.41, 5.74) is 3.52. The topological polar surface area (TPSA) is 83.7 Å². The molecule has 3 aromatic rings. The molecule has 2 N–H and O–H groups in total. The lowest BCUT2D eigenvalue weighted by molar-refractivity contribution is 0.0956. The molecule has 0 bridgehead atoms. The van der Waals surface area contributed by atoms with Gasteiger partial charge in [0.2, 0.25) is 0 Å². The summed E-state index contributed by atoms with van der Waals surface area (Å²) in [6.45, 7) is 0. The Morgan fingerprint density at radius 1 is 1.07 bits per heavy atom. The number of hydrazone groups is 1. The van der Waals surface area contributed by atoms with Gasteiger partial charge in [-0.05, 0) is 57.9 Å². The van der Waals surface area contributed by atoms with Gasteiger partial charge >= 0.3 is 0 Å². The highest BCUT2D eigenvalue weighted by atomic mass is 79.9. The van der Waals surface area contributed by atoms with Crippen LogP contribution >= 0.6 is 15.9 Å². The maximum atomic E-state index is 13.2. The Kier molecular flexibility index (Phi) is 5.77. The fourth-order valence-electron chi connectivity index (χ4n) is 2.20. The predicted octanol–water partition coefficient (Wildman–Crippen LogP) is 4.20. The molecule has 2 aromatic carbocycles. The summed E-state index contributed by atoms with van der Waals surface area (Å²) < 4.78 is 18.5. The first-order valence-corrected chi connectivity index (χ1v) is 8.56. The Balaban J connectivity index is 1.70. The van der Waals surface area contributed by atoms with Gasteiger partial charge in [-0.15, -0.1) is 0 Å². The number of rotatable bonds is 5. The van der Waals surface area contributed by atoms with E-state index >= 15 is 0 Å². The average molecular weight is 430 g/mol. The summed E-state index contributed by atoms with van der Waals surface area (Å²) in [7, 11) is 0. The van der Waals surface area contributed by atoms with Gasteiger partial charge < -0.3 is 9.73 Å². The molecule has 0 atom stereocenters. The maximum Gasteiger partial charge on any atom is 0.291 e. The predicted molar refractivity (Wildman–Crippen MR) is 102 cm³/mol. The first kappa shape index (κ1) is 18.5. The highest BCUT2D eigenvalue weighted by molar-refractivity contribution is 9.10. The number of para-hydroxylation sites is 1. The summed E-state index contributed by atoms with van der Waals surface area (Å²) in [6.07, 6.45) is 2.77. The summed E-state index contributed by atoms with van der Waals surface area (Å²) in [5.74, 6) is -1.25. The molecule has 8 heteroatoms. The van der Waals surface area contributed by atoms with E-state index in [2.05, 4.69) is 31.8 Å². The monoisotopic (exact) mass is 429 g/mol. The number of hydrogen-bond donors (Lipinski definition) is 2. The third-order valence-corrected chi connectivity index (χ3v) is 4.10. The van der Waals surface area contributed by atoms with Crippen LogP contribution in [0.5, 0.6) is 0 Å². The standard InChI is InChI=1S/C19H13BrFN3O3/c20-14-10-12(7-8-15(14)21)11-22-24-18(25)13-4-1-2-5-16(13)23-19(26)17-6-3-9-27-17/h1-11H,(H,23,26)(H,24,25)/b22-11+. The Hall–Kier alpha value is -3.26. The highest BCUT2D eigenvalue weighted by Crippen LogP contribution is 2.17. The largest absolute Gasteiger partial charge is 0.459 e. The van der Waals surface area contributed by atoms with Crippen molar-refractivity contribution in [3.05, 3.63) is 88.0 Å². The van der Waals surface area contributed by atoms with Crippen molar-refractivity contribution in [3.63, 3.8) is 0 Å². The molecule has 2 amide bonds. The fourth-order valence-corrected chi connectivity index (χ4v) is 2.60. The van der Waals surface area contributed by atoms with Gasteiger partial charge in [-0.3, -0.25) is 9.59 Å². The lowest BCUT2D eigenvalue weighted by atomic mass is 10.1. The van der Waals surface area contributed by atoms with E-state index in [0.717, 1.165) is 0 Å². The number of halogens is 2. The zero-order chi connectivity index (χ0) is 19.2. The number of carbonyl (C=O) groups is 2. The number of carbonyl (C=O) groups excluding carboxylic acids is 2. The molecule has 136 valence electrons. The van der Waals surface area contributed by atoms with E-state index in [4.69, 9.17) is 4.42 Å². The summed E-state index contributed by atoms with van der Waals surface area (Å²) >= 11 is 3.08. The van der Waals surface area contributed by atoms with Crippen LogP contribution in [0.2, 0.25) is 0 Å². The molecule has 27 heavy (non-hydrogen) atoms. The number of hydrogen-bond acceptors (Lipinski definition) is 4. The van der Waals surface area contributed by atoms with Crippen LogP contribution in [0.3, 0.4) is 0 Å². The van der Waals surface area contributed by atoms with Crippen LogP contribution in [0.25, 0.3) is 0 Å². The van der Waals surface area contributed by atoms with E-state index in [1.807, 2.05) is 0 Å². The number of nitrogens with one attached hydrogen (secondary N) is 2. The second kappa shape index (κ2) is 8.41. The first-order chi connectivity index (χ1) is 13.0. The zero-order valence-corrected chi connectivity index (χ0v) is 15.4. The second-order valence-electron chi connectivity index (χ2n) is 5.35. The van der Waals surface area contributed by atoms with Gasteiger partial charge in [0.05, 0.1) is 28.2 Å². The van der Waals surface area contributed by atoms with E-state index in [1.165, 1.54) is 36.7 Å². The van der Waals surface area contributed by atoms with Crippen LogP contribution in [-0.2, 0) is 0 Å². The van der Waals surface area contributed by atoms with Crippen molar-refractivity contribution in [2.75, 3.05) is 5.32 Å². The normalized spacial score (nSPS) is 10.7. The van der Waals surface area contributed by atoms with Crippen molar-refractivity contribution in [1.82, 2.24) is 5.43 Å². The van der Waals surface area contributed by atoms with Crippen LogP contribution in [0.1, 0.15) is 26.5 Å². The highest BCUT2D eigenvalue weighted by Gasteiger charge is 2.15. The number of amides is 2. The van der Waals surface area contributed by atoms with Gasteiger partial charge in [0.1, 0.15) is 5.82 Å². The Bertz CT molecular complexity index is 1000. The van der Waals surface area contributed by atoms with Crippen molar-refractivity contribution in [1.29, 1.82) is 0 Å². The molecule has 1 aromatic heterocycles. The summed E-state index contributed by atoms with van der Waals surface area (Å²) in [4.78, 5) is 24.5. The smallest absolute Gasteiger partial charge is 0.291 e. The molecule has 0 aliphatic heterocycles. The van der Waals surface area contributed by atoms with Crippen molar-refractivity contribution in [2.45, 2.75) is 0 Å². The molecule has 0 aliphatic carbocycles. The number of nitrogens with zero attached hydrogens (tertiary/aromatic N) is 1. The van der Waals surface area contributed by atoms with Crippen LogP contribution in [0, 0.1) is 5.82 Å². The minimum atomic E-state index is -0.511. The third kappa shape index (κ3) is 4.68.